The monoisotopic (exact) mass is 188 g/mol. The Bertz CT molecular complexity index is 305. The summed E-state index contributed by atoms with van der Waals surface area (Å²) < 4.78 is 38.2. The Kier molecular flexibility index (Phi) is 2.96. The lowest BCUT2D eigenvalue weighted by atomic mass is 10.0. The van der Waals surface area contributed by atoms with Crippen molar-refractivity contribution in [3.05, 3.63) is 35.1 Å². The van der Waals surface area contributed by atoms with Crippen LogP contribution in [0.15, 0.2) is 12.1 Å². The largest absolute Gasteiger partial charge is 0.204 e. The van der Waals surface area contributed by atoms with Gasteiger partial charge in [0.1, 0.15) is 0 Å². The molecule has 0 fully saturated rings. The third kappa shape index (κ3) is 2.23. The molecule has 0 amide bonds. The number of halogens is 3. The van der Waals surface area contributed by atoms with Gasteiger partial charge in [-0.3, -0.25) is 0 Å². The minimum absolute atomic E-state index is 0.222. The Morgan fingerprint density at radius 2 is 1.69 bits per heavy atom. The van der Waals surface area contributed by atoms with Crippen molar-refractivity contribution in [2.75, 3.05) is 0 Å². The third-order valence-corrected chi connectivity index (χ3v) is 1.74. The Balaban J connectivity index is 3.04. The SMILES string of the molecule is CC(C)Cc1ccc(F)c(F)c1F. The molecule has 0 aliphatic carbocycles. The Morgan fingerprint density at radius 3 is 2.23 bits per heavy atom. The predicted molar refractivity (Wildman–Crippen MR) is 44.9 cm³/mol. The average Bonchev–Trinajstić information content (AvgIpc) is 2.06. The van der Waals surface area contributed by atoms with Gasteiger partial charge in [0.05, 0.1) is 0 Å². The second-order valence-electron chi connectivity index (χ2n) is 3.43. The lowest BCUT2D eigenvalue weighted by Crippen LogP contribution is -2.01. The molecule has 3 heteroatoms. The van der Waals surface area contributed by atoms with Crippen LogP contribution in [0.5, 0.6) is 0 Å². The van der Waals surface area contributed by atoms with Gasteiger partial charge < -0.3 is 0 Å². The molecular weight excluding hydrogens is 177 g/mol. The molecule has 0 spiro atoms. The Morgan fingerprint density at radius 1 is 1.08 bits per heavy atom. The van der Waals surface area contributed by atoms with Gasteiger partial charge in [-0.25, -0.2) is 13.2 Å². The highest BCUT2D eigenvalue weighted by Crippen LogP contribution is 2.17. The maximum Gasteiger partial charge on any atom is 0.194 e. The van der Waals surface area contributed by atoms with Gasteiger partial charge in [0, 0.05) is 0 Å². The fraction of sp³-hybridized carbons (Fsp3) is 0.400. The van der Waals surface area contributed by atoms with Crippen molar-refractivity contribution in [1.29, 1.82) is 0 Å². The fourth-order valence-corrected chi connectivity index (χ4v) is 1.16. The summed E-state index contributed by atoms with van der Waals surface area (Å²) in [6.07, 6.45) is 0.420. The van der Waals surface area contributed by atoms with Crippen molar-refractivity contribution in [1.82, 2.24) is 0 Å². The second kappa shape index (κ2) is 3.81. The van der Waals surface area contributed by atoms with E-state index in [9.17, 15) is 13.2 Å². The lowest BCUT2D eigenvalue weighted by Gasteiger charge is -2.06. The van der Waals surface area contributed by atoms with E-state index in [4.69, 9.17) is 0 Å². The molecule has 0 aromatic heterocycles. The minimum Gasteiger partial charge on any atom is -0.204 e. The first-order chi connectivity index (χ1) is 6.02. The van der Waals surface area contributed by atoms with E-state index in [1.54, 1.807) is 0 Å². The van der Waals surface area contributed by atoms with Crippen LogP contribution in [-0.2, 0) is 6.42 Å². The molecule has 0 N–H and O–H groups in total. The molecule has 0 saturated carbocycles. The van der Waals surface area contributed by atoms with Crippen molar-refractivity contribution in [3.63, 3.8) is 0 Å². The van der Waals surface area contributed by atoms with E-state index >= 15 is 0 Å². The summed E-state index contributed by atoms with van der Waals surface area (Å²) >= 11 is 0. The van der Waals surface area contributed by atoms with Crippen LogP contribution < -0.4 is 0 Å². The maximum atomic E-state index is 13.0. The highest BCUT2D eigenvalue weighted by molar-refractivity contribution is 5.20. The predicted octanol–water partition coefficient (Wildman–Crippen LogP) is 3.30. The molecule has 0 nitrogen and oxygen atoms in total. The second-order valence-corrected chi connectivity index (χ2v) is 3.43. The van der Waals surface area contributed by atoms with Crippen molar-refractivity contribution in [2.24, 2.45) is 5.92 Å². The van der Waals surface area contributed by atoms with Gasteiger partial charge in [-0.15, -0.1) is 0 Å². The molecule has 0 saturated heterocycles. The van der Waals surface area contributed by atoms with E-state index in [-0.39, 0.29) is 11.5 Å². The van der Waals surface area contributed by atoms with Gasteiger partial charge in [0.25, 0.3) is 0 Å². The minimum atomic E-state index is -1.38. The number of hydrogen-bond donors (Lipinski definition) is 0. The van der Waals surface area contributed by atoms with E-state index in [1.165, 1.54) is 6.07 Å². The van der Waals surface area contributed by atoms with E-state index in [0.29, 0.717) is 6.42 Å². The standard InChI is InChI=1S/C10H11F3/c1-6(2)5-7-3-4-8(11)10(13)9(7)12/h3-4,6H,5H2,1-2H3. The molecular formula is C10H11F3. The van der Waals surface area contributed by atoms with Crippen molar-refractivity contribution in [3.8, 4) is 0 Å². The molecule has 0 radical (unpaired) electrons. The van der Waals surface area contributed by atoms with Crippen molar-refractivity contribution < 1.29 is 13.2 Å². The fourth-order valence-electron chi connectivity index (χ4n) is 1.16. The van der Waals surface area contributed by atoms with Gasteiger partial charge in [0.2, 0.25) is 0 Å². The average molecular weight is 188 g/mol. The summed E-state index contributed by atoms with van der Waals surface area (Å²) in [7, 11) is 0. The number of rotatable bonds is 2. The molecule has 1 aromatic rings. The lowest BCUT2D eigenvalue weighted by molar-refractivity contribution is 0.436. The molecule has 0 bridgehead atoms. The van der Waals surface area contributed by atoms with Crippen LogP contribution in [0.3, 0.4) is 0 Å². The third-order valence-electron chi connectivity index (χ3n) is 1.74. The maximum absolute atomic E-state index is 13.0. The molecule has 0 unspecified atom stereocenters. The van der Waals surface area contributed by atoms with Gasteiger partial charge in [-0.1, -0.05) is 19.9 Å². The topological polar surface area (TPSA) is 0 Å². The quantitative estimate of drug-likeness (QED) is 0.624. The van der Waals surface area contributed by atoms with E-state index in [1.807, 2.05) is 13.8 Å². The van der Waals surface area contributed by atoms with Crippen LogP contribution in [0.4, 0.5) is 13.2 Å². The first-order valence-corrected chi connectivity index (χ1v) is 4.14. The van der Waals surface area contributed by atoms with Gasteiger partial charge in [-0.2, -0.15) is 0 Å². The van der Waals surface area contributed by atoms with Crippen LogP contribution in [0, 0.1) is 23.4 Å². The Labute approximate surface area is 75.4 Å². The zero-order valence-corrected chi connectivity index (χ0v) is 7.57. The summed E-state index contributed by atoms with van der Waals surface area (Å²) in [5, 5.41) is 0. The smallest absolute Gasteiger partial charge is 0.194 e. The summed E-state index contributed by atoms with van der Waals surface area (Å²) in [4.78, 5) is 0. The van der Waals surface area contributed by atoms with Crippen LogP contribution in [0.25, 0.3) is 0 Å². The zero-order valence-electron chi connectivity index (χ0n) is 7.57. The van der Waals surface area contributed by atoms with Gasteiger partial charge >= 0.3 is 0 Å². The highest BCUT2D eigenvalue weighted by atomic mass is 19.2. The molecule has 1 rings (SSSR count). The van der Waals surface area contributed by atoms with Gasteiger partial charge in [-0.05, 0) is 24.0 Å². The normalized spacial score (nSPS) is 10.9. The molecule has 0 aliphatic rings. The number of benzene rings is 1. The van der Waals surface area contributed by atoms with Crippen LogP contribution in [0.1, 0.15) is 19.4 Å². The van der Waals surface area contributed by atoms with E-state index < -0.39 is 17.5 Å². The van der Waals surface area contributed by atoms with E-state index in [2.05, 4.69) is 0 Å². The summed E-state index contributed by atoms with van der Waals surface area (Å²) in [5.41, 5.74) is 0.230. The molecule has 13 heavy (non-hydrogen) atoms. The van der Waals surface area contributed by atoms with E-state index in [0.717, 1.165) is 6.07 Å². The van der Waals surface area contributed by atoms with Crippen molar-refractivity contribution >= 4 is 0 Å². The molecule has 0 heterocycles. The van der Waals surface area contributed by atoms with Crippen LogP contribution >= 0.6 is 0 Å². The Hall–Kier alpha value is -0.990. The van der Waals surface area contributed by atoms with Crippen LogP contribution in [0.2, 0.25) is 0 Å². The zero-order chi connectivity index (χ0) is 10.0. The molecule has 72 valence electrons. The van der Waals surface area contributed by atoms with Crippen LogP contribution in [-0.4, -0.2) is 0 Å². The highest BCUT2D eigenvalue weighted by Gasteiger charge is 2.13. The first kappa shape index (κ1) is 10.1. The van der Waals surface area contributed by atoms with Gasteiger partial charge in [0.15, 0.2) is 17.5 Å². The summed E-state index contributed by atoms with van der Waals surface area (Å²) in [6.45, 7) is 3.78. The molecule has 0 aliphatic heterocycles. The number of hydrogen-bond acceptors (Lipinski definition) is 0. The molecule has 0 atom stereocenters. The first-order valence-electron chi connectivity index (χ1n) is 4.14. The summed E-state index contributed by atoms with van der Waals surface area (Å²) in [5.74, 6) is -3.35. The van der Waals surface area contributed by atoms with Crippen molar-refractivity contribution in [2.45, 2.75) is 20.3 Å². The molecule has 1 aromatic carbocycles. The summed E-state index contributed by atoms with van der Waals surface area (Å²) in [6, 6.07) is 2.24.